The lowest BCUT2D eigenvalue weighted by molar-refractivity contribution is 0.105. The van der Waals surface area contributed by atoms with Crippen molar-refractivity contribution in [1.82, 2.24) is 5.32 Å². The lowest BCUT2D eigenvalue weighted by Crippen LogP contribution is -2.28. The third-order valence-corrected chi connectivity index (χ3v) is 1.68. The molecule has 3 heteroatoms. The molecule has 0 saturated heterocycles. The molecule has 72 valence electrons. The molecule has 3 nitrogen and oxygen atoms in total. The molecule has 0 saturated carbocycles. The normalized spacial score (nSPS) is 12.2. The molecule has 0 heterocycles. The Bertz CT molecular complexity index is 126. The molecule has 1 amide bonds. The summed E-state index contributed by atoms with van der Waals surface area (Å²) in [5.74, 6) is 0. The molecule has 1 unspecified atom stereocenters. The van der Waals surface area contributed by atoms with Gasteiger partial charge in [-0.1, -0.05) is 20.3 Å². The van der Waals surface area contributed by atoms with Gasteiger partial charge in [0.2, 0.25) is 0 Å². The first kappa shape index (κ1) is 11.3. The molecule has 0 aromatic carbocycles. The molecule has 1 N–H and O–H groups in total. The van der Waals surface area contributed by atoms with Gasteiger partial charge in [0.15, 0.2) is 0 Å². The van der Waals surface area contributed by atoms with Crippen molar-refractivity contribution in [1.29, 1.82) is 0 Å². The molecule has 0 aliphatic carbocycles. The Balaban J connectivity index is 3.33. The maximum Gasteiger partial charge on any atom is 0.407 e. The first-order valence-corrected chi connectivity index (χ1v) is 4.65. The Morgan fingerprint density at radius 1 is 1.50 bits per heavy atom. The molecule has 0 spiro atoms. The second kappa shape index (κ2) is 6.95. The first-order chi connectivity index (χ1) is 5.70. The van der Waals surface area contributed by atoms with E-state index in [0.29, 0.717) is 6.54 Å². The molecule has 0 fully saturated rings. The standard InChI is InChI=1S/C9H19NO2/c1-4-6-7-10-9(11)12-8(3)5-2/h8H,4-7H2,1-3H3,(H,10,11). The fourth-order valence-corrected chi connectivity index (χ4v) is 0.675. The second-order valence-corrected chi connectivity index (χ2v) is 2.90. The molecule has 1 atom stereocenters. The highest BCUT2D eigenvalue weighted by molar-refractivity contribution is 5.67. The SMILES string of the molecule is CCCCNC(=O)OC(C)CC. The summed E-state index contributed by atoms with van der Waals surface area (Å²) in [4.78, 5) is 11.0. The van der Waals surface area contributed by atoms with Gasteiger partial charge in [-0.3, -0.25) is 0 Å². The number of ether oxygens (including phenoxy) is 1. The Labute approximate surface area is 74.5 Å². The van der Waals surface area contributed by atoms with Crippen molar-refractivity contribution >= 4 is 6.09 Å². The van der Waals surface area contributed by atoms with Crippen molar-refractivity contribution in [2.24, 2.45) is 0 Å². The van der Waals surface area contributed by atoms with Gasteiger partial charge >= 0.3 is 6.09 Å². The molecule has 0 rings (SSSR count). The van der Waals surface area contributed by atoms with Gasteiger partial charge in [0, 0.05) is 6.54 Å². The van der Waals surface area contributed by atoms with Crippen LogP contribution in [-0.4, -0.2) is 18.7 Å². The van der Waals surface area contributed by atoms with E-state index >= 15 is 0 Å². The number of carbonyl (C=O) groups is 1. The maximum atomic E-state index is 11.0. The van der Waals surface area contributed by atoms with E-state index in [4.69, 9.17) is 4.74 Å². The molecule has 0 aliphatic rings. The van der Waals surface area contributed by atoms with Gasteiger partial charge in [0.05, 0.1) is 0 Å². The number of rotatable bonds is 5. The highest BCUT2D eigenvalue weighted by Crippen LogP contribution is 1.95. The lowest BCUT2D eigenvalue weighted by Gasteiger charge is -2.11. The van der Waals surface area contributed by atoms with Crippen LogP contribution in [0, 0.1) is 0 Å². The van der Waals surface area contributed by atoms with Crippen LogP contribution < -0.4 is 5.32 Å². The largest absolute Gasteiger partial charge is 0.447 e. The highest BCUT2D eigenvalue weighted by atomic mass is 16.6. The Hall–Kier alpha value is -0.730. The predicted octanol–water partition coefficient (Wildman–Crippen LogP) is 2.31. The minimum absolute atomic E-state index is 0.0200. The number of carbonyl (C=O) groups excluding carboxylic acids is 1. The highest BCUT2D eigenvalue weighted by Gasteiger charge is 2.04. The number of hydrogen-bond donors (Lipinski definition) is 1. The van der Waals surface area contributed by atoms with E-state index in [1.807, 2.05) is 13.8 Å². The van der Waals surface area contributed by atoms with Crippen LogP contribution in [0.25, 0.3) is 0 Å². The van der Waals surface area contributed by atoms with Crippen LogP contribution in [-0.2, 0) is 4.74 Å². The van der Waals surface area contributed by atoms with E-state index in [-0.39, 0.29) is 12.2 Å². The number of unbranched alkanes of at least 4 members (excludes halogenated alkanes) is 1. The summed E-state index contributed by atoms with van der Waals surface area (Å²) in [5.41, 5.74) is 0. The van der Waals surface area contributed by atoms with Gasteiger partial charge in [-0.15, -0.1) is 0 Å². The van der Waals surface area contributed by atoms with Gasteiger partial charge in [-0.2, -0.15) is 0 Å². The summed E-state index contributed by atoms with van der Waals surface area (Å²) in [6.45, 7) is 6.68. The average molecular weight is 173 g/mol. The Morgan fingerprint density at radius 2 is 2.17 bits per heavy atom. The van der Waals surface area contributed by atoms with Gasteiger partial charge in [-0.25, -0.2) is 4.79 Å². The van der Waals surface area contributed by atoms with Crippen LogP contribution in [0.5, 0.6) is 0 Å². The third kappa shape index (κ3) is 6.01. The molecular weight excluding hydrogens is 154 g/mol. The zero-order valence-electron chi connectivity index (χ0n) is 8.22. The zero-order valence-corrected chi connectivity index (χ0v) is 8.22. The molecule has 0 bridgehead atoms. The molecule has 0 radical (unpaired) electrons. The first-order valence-electron chi connectivity index (χ1n) is 4.65. The smallest absolute Gasteiger partial charge is 0.407 e. The summed E-state index contributed by atoms with van der Waals surface area (Å²) in [7, 11) is 0. The minimum Gasteiger partial charge on any atom is -0.447 e. The Morgan fingerprint density at radius 3 is 2.67 bits per heavy atom. The van der Waals surface area contributed by atoms with E-state index in [1.54, 1.807) is 0 Å². The summed E-state index contributed by atoms with van der Waals surface area (Å²) < 4.78 is 5.00. The van der Waals surface area contributed by atoms with Crippen LogP contribution in [0.4, 0.5) is 4.79 Å². The van der Waals surface area contributed by atoms with Crippen molar-refractivity contribution in [2.45, 2.75) is 46.1 Å². The predicted molar refractivity (Wildman–Crippen MR) is 49.1 cm³/mol. The van der Waals surface area contributed by atoms with E-state index in [1.165, 1.54) is 0 Å². The van der Waals surface area contributed by atoms with E-state index in [9.17, 15) is 4.79 Å². The van der Waals surface area contributed by atoms with E-state index in [2.05, 4.69) is 12.2 Å². The third-order valence-electron chi connectivity index (χ3n) is 1.68. The van der Waals surface area contributed by atoms with Crippen LogP contribution in [0.2, 0.25) is 0 Å². The second-order valence-electron chi connectivity index (χ2n) is 2.90. The van der Waals surface area contributed by atoms with Crippen molar-refractivity contribution in [2.75, 3.05) is 6.54 Å². The van der Waals surface area contributed by atoms with Crippen molar-refractivity contribution in [3.8, 4) is 0 Å². The van der Waals surface area contributed by atoms with Gasteiger partial charge in [0.25, 0.3) is 0 Å². The van der Waals surface area contributed by atoms with Crippen LogP contribution in [0.15, 0.2) is 0 Å². The van der Waals surface area contributed by atoms with Crippen LogP contribution in [0.1, 0.15) is 40.0 Å². The quantitative estimate of drug-likeness (QED) is 0.648. The molecule has 0 aliphatic heterocycles. The van der Waals surface area contributed by atoms with E-state index < -0.39 is 0 Å². The maximum absolute atomic E-state index is 11.0. The number of hydrogen-bond acceptors (Lipinski definition) is 2. The summed E-state index contributed by atoms with van der Waals surface area (Å²) in [6.07, 6.45) is 2.69. The fourth-order valence-electron chi connectivity index (χ4n) is 0.675. The number of amides is 1. The summed E-state index contributed by atoms with van der Waals surface area (Å²) >= 11 is 0. The van der Waals surface area contributed by atoms with Crippen molar-refractivity contribution < 1.29 is 9.53 Å². The van der Waals surface area contributed by atoms with Crippen LogP contribution in [0.3, 0.4) is 0 Å². The van der Waals surface area contributed by atoms with Gasteiger partial charge in [0.1, 0.15) is 6.10 Å². The van der Waals surface area contributed by atoms with Crippen molar-refractivity contribution in [3.63, 3.8) is 0 Å². The van der Waals surface area contributed by atoms with Crippen LogP contribution >= 0.6 is 0 Å². The lowest BCUT2D eigenvalue weighted by atomic mass is 10.3. The molecule has 0 aromatic rings. The summed E-state index contributed by atoms with van der Waals surface area (Å²) in [6, 6.07) is 0. The average Bonchev–Trinajstić information content (AvgIpc) is 2.05. The fraction of sp³-hybridized carbons (Fsp3) is 0.889. The van der Waals surface area contributed by atoms with E-state index in [0.717, 1.165) is 19.3 Å². The molecule has 0 aromatic heterocycles. The Kier molecular flexibility index (Phi) is 6.53. The molecule has 12 heavy (non-hydrogen) atoms. The number of alkyl carbamates (subject to hydrolysis) is 1. The monoisotopic (exact) mass is 173 g/mol. The van der Waals surface area contributed by atoms with Gasteiger partial charge in [-0.05, 0) is 19.8 Å². The van der Waals surface area contributed by atoms with Crippen molar-refractivity contribution in [3.05, 3.63) is 0 Å². The molecular formula is C9H19NO2. The zero-order chi connectivity index (χ0) is 9.40. The number of nitrogens with one attached hydrogen (secondary N) is 1. The minimum atomic E-state index is -0.294. The summed E-state index contributed by atoms with van der Waals surface area (Å²) in [5, 5.41) is 2.69. The van der Waals surface area contributed by atoms with Gasteiger partial charge < -0.3 is 10.1 Å². The topological polar surface area (TPSA) is 38.3 Å².